The lowest BCUT2D eigenvalue weighted by atomic mass is 10.2. The van der Waals surface area contributed by atoms with Crippen molar-refractivity contribution in [3.63, 3.8) is 0 Å². The molecule has 3 N–H and O–H groups in total. The van der Waals surface area contributed by atoms with E-state index in [0.717, 1.165) is 58.0 Å². The summed E-state index contributed by atoms with van der Waals surface area (Å²) in [6.45, 7) is 0. The minimum absolute atomic E-state index is 0.135. The molecule has 4 aromatic rings. The summed E-state index contributed by atoms with van der Waals surface area (Å²) >= 11 is 0. The van der Waals surface area contributed by atoms with E-state index in [2.05, 4.69) is 20.4 Å². The highest BCUT2D eigenvalue weighted by atomic mass is 19.4. The van der Waals surface area contributed by atoms with E-state index in [0.29, 0.717) is 17.3 Å². The average Bonchev–Trinajstić information content (AvgIpc) is 3.49. The van der Waals surface area contributed by atoms with Crippen molar-refractivity contribution in [3.05, 3.63) is 53.2 Å². The van der Waals surface area contributed by atoms with Gasteiger partial charge in [0.2, 0.25) is 5.91 Å². The van der Waals surface area contributed by atoms with Gasteiger partial charge in [-0.1, -0.05) is 0 Å². The molecule has 0 saturated heterocycles. The van der Waals surface area contributed by atoms with Gasteiger partial charge < -0.3 is 20.4 Å². The van der Waals surface area contributed by atoms with E-state index in [1.807, 2.05) is 10.6 Å². The number of fused-ring (bicyclic) bond motifs is 3. The number of alkyl halides is 3. The van der Waals surface area contributed by atoms with E-state index in [1.165, 1.54) is 20.5 Å². The summed E-state index contributed by atoms with van der Waals surface area (Å²) in [6.07, 6.45) is -0.613. The van der Waals surface area contributed by atoms with Crippen LogP contribution in [0.2, 0.25) is 0 Å². The monoisotopic (exact) mass is 485 g/mol. The van der Waals surface area contributed by atoms with Gasteiger partial charge in [0.1, 0.15) is 17.6 Å². The Hall–Kier alpha value is -4.09. The van der Waals surface area contributed by atoms with Crippen molar-refractivity contribution in [2.24, 2.45) is 7.05 Å². The maximum Gasteiger partial charge on any atom is 0.435 e. The number of carbonyl (C=O) groups excluding carboxylic acids is 1. The van der Waals surface area contributed by atoms with Crippen LogP contribution in [0.25, 0.3) is 16.7 Å². The van der Waals surface area contributed by atoms with Crippen LogP contribution in [-0.4, -0.2) is 37.3 Å². The van der Waals surface area contributed by atoms with Gasteiger partial charge in [0.25, 0.3) is 0 Å². The number of nitrogens with zero attached hydrogens (tertiary/aromatic N) is 5. The summed E-state index contributed by atoms with van der Waals surface area (Å²) in [5.74, 6) is 0.258. The summed E-state index contributed by atoms with van der Waals surface area (Å²) < 4.78 is 47.3. The van der Waals surface area contributed by atoms with E-state index in [-0.39, 0.29) is 12.1 Å². The average molecular weight is 485 g/mol. The van der Waals surface area contributed by atoms with Gasteiger partial charge >= 0.3 is 6.18 Å². The number of rotatable bonds is 5. The number of hydrogen-bond acceptors (Lipinski definition) is 6. The van der Waals surface area contributed by atoms with Crippen LogP contribution < -0.4 is 15.8 Å². The van der Waals surface area contributed by atoms with Crippen molar-refractivity contribution in [1.82, 2.24) is 24.3 Å². The fraction of sp³-hybridized carbons (Fsp3) is 0.304. The Kier molecular flexibility index (Phi) is 5.37. The number of anilines is 2. The molecule has 1 aromatic carbocycles. The van der Waals surface area contributed by atoms with Crippen molar-refractivity contribution in [1.29, 1.82) is 0 Å². The number of nitrogen functional groups attached to an aromatic ring is 1. The summed E-state index contributed by atoms with van der Waals surface area (Å²) in [5, 5.41) is 6.15. The maximum absolute atomic E-state index is 12.9. The number of hydrogen-bond donors (Lipinski definition) is 2. The molecule has 1 aliphatic carbocycles. The van der Waals surface area contributed by atoms with Gasteiger partial charge in [0.05, 0.1) is 24.7 Å². The van der Waals surface area contributed by atoms with Crippen molar-refractivity contribution in [3.8, 4) is 11.4 Å². The van der Waals surface area contributed by atoms with Crippen molar-refractivity contribution >= 4 is 28.4 Å². The third-order valence-electron chi connectivity index (χ3n) is 6.14. The first kappa shape index (κ1) is 22.7. The number of ether oxygens (including phenoxy) is 1. The third kappa shape index (κ3) is 3.94. The Labute approximate surface area is 197 Å². The first-order valence-electron chi connectivity index (χ1n) is 10.9. The Balaban J connectivity index is 1.45. The minimum Gasteiger partial charge on any atom is -0.494 e. The second kappa shape index (κ2) is 8.29. The molecule has 5 rings (SSSR count). The zero-order valence-corrected chi connectivity index (χ0v) is 19.0. The van der Waals surface area contributed by atoms with Crippen LogP contribution in [0.1, 0.15) is 29.1 Å². The molecule has 1 aliphatic rings. The first-order valence-corrected chi connectivity index (χ1v) is 10.9. The quantitative estimate of drug-likeness (QED) is 0.448. The topological polar surface area (TPSA) is 113 Å². The van der Waals surface area contributed by atoms with Crippen LogP contribution in [0.4, 0.5) is 24.7 Å². The van der Waals surface area contributed by atoms with Crippen LogP contribution >= 0.6 is 0 Å². The molecule has 0 atom stereocenters. The second-order valence-corrected chi connectivity index (χ2v) is 8.32. The first-order chi connectivity index (χ1) is 16.7. The number of benzene rings is 1. The van der Waals surface area contributed by atoms with Crippen LogP contribution in [-0.2, 0) is 37.3 Å². The highest BCUT2D eigenvalue weighted by molar-refractivity contribution is 5.94. The normalized spacial score (nSPS) is 13.3. The molecule has 0 radical (unpaired) electrons. The number of aryl methyl sites for hydroxylation is 2. The molecule has 1 amide bonds. The standard InChI is InChI=1S/C23H22F3N7O2/c1-32-13(9-18(31-32)23(24,25)26)10-19(34)30-15-7-6-12(8-17(15)35-2)33-16-5-3-4-14(16)20-21(33)22(27)29-11-28-20/h6-9,11H,3-5,10H2,1-2H3,(H,30,34)(H2,27,28,29). The number of methoxy groups -OCH3 is 1. The van der Waals surface area contributed by atoms with E-state index in [1.54, 1.807) is 12.1 Å². The second-order valence-electron chi connectivity index (χ2n) is 8.32. The van der Waals surface area contributed by atoms with E-state index in [4.69, 9.17) is 10.5 Å². The summed E-state index contributed by atoms with van der Waals surface area (Å²) in [6, 6.07) is 6.13. The molecule has 3 heterocycles. The van der Waals surface area contributed by atoms with Gasteiger partial charge in [0, 0.05) is 30.2 Å². The molecule has 182 valence electrons. The fourth-order valence-electron chi connectivity index (χ4n) is 4.57. The molecule has 0 unspecified atom stereocenters. The van der Waals surface area contributed by atoms with Gasteiger partial charge in [-0.2, -0.15) is 18.3 Å². The van der Waals surface area contributed by atoms with Gasteiger partial charge in [0.15, 0.2) is 11.5 Å². The molecule has 0 saturated carbocycles. The number of carbonyl (C=O) groups is 1. The van der Waals surface area contributed by atoms with Crippen LogP contribution in [0.3, 0.4) is 0 Å². The van der Waals surface area contributed by atoms with E-state index in [9.17, 15) is 18.0 Å². The van der Waals surface area contributed by atoms with Crippen LogP contribution in [0, 0.1) is 0 Å². The molecular formula is C23H22F3N7O2. The Morgan fingerprint density at radius 3 is 2.74 bits per heavy atom. The van der Waals surface area contributed by atoms with Crippen LogP contribution in [0.15, 0.2) is 30.6 Å². The van der Waals surface area contributed by atoms with Crippen molar-refractivity contribution < 1.29 is 22.7 Å². The van der Waals surface area contributed by atoms with Gasteiger partial charge in [-0.05, 0) is 43.0 Å². The summed E-state index contributed by atoms with van der Waals surface area (Å²) in [7, 11) is 2.84. The van der Waals surface area contributed by atoms with E-state index >= 15 is 0 Å². The van der Waals surface area contributed by atoms with Gasteiger partial charge in [-0.25, -0.2) is 9.97 Å². The lowest BCUT2D eigenvalue weighted by molar-refractivity contribution is -0.141. The third-order valence-corrected chi connectivity index (χ3v) is 6.14. The fourth-order valence-corrected chi connectivity index (χ4v) is 4.57. The summed E-state index contributed by atoms with van der Waals surface area (Å²) in [4.78, 5) is 21.2. The Morgan fingerprint density at radius 1 is 1.23 bits per heavy atom. The number of nitrogens with two attached hydrogens (primary N) is 1. The Morgan fingerprint density at radius 2 is 2.03 bits per heavy atom. The molecule has 0 fully saturated rings. The predicted molar refractivity (Wildman–Crippen MR) is 122 cm³/mol. The molecule has 35 heavy (non-hydrogen) atoms. The Bertz CT molecular complexity index is 1460. The molecule has 9 nitrogen and oxygen atoms in total. The SMILES string of the molecule is COc1cc(-n2c3c(c4ncnc(N)c42)CCC3)ccc1NC(=O)Cc1cc(C(F)(F)F)nn1C. The molecule has 0 aliphatic heterocycles. The lowest BCUT2D eigenvalue weighted by Crippen LogP contribution is -2.17. The van der Waals surface area contributed by atoms with E-state index < -0.39 is 17.8 Å². The smallest absolute Gasteiger partial charge is 0.435 e. The number of nitrogens with one attached hydrogen (secondary N) is 1. The highest BCUT2D eigenvalue weighted by Crippen LogP contribution is 2.38. The molecule has 0 bridgehead atoms. The molecule has 12 heteroatoms. The predicted octanol–water partition coefficient (Wildman–Crippen LogP) is 3.43. The van der Waals surface area contributed by atoms with Crippen LogP contribution in [0.5, 0.6) is 5.75 Å². The summed E-state index contributed by atoms with van der Waals surface area (Å²) in [5.41, 5.74) is 10.3. The zero-order valence-electron chi connectivity index (χ0n) is 19.0. The minimum atomic E-state index is -4.58. The largest absolute Gasteiger partial charge is 0.494 e. The molecule has 0 spiro atoms. The molecular weight excluding hydrogens is 463 g/mol. The molecule has 3 aromatic heterocycles. The van der Waals surface area contributed by atoms with Gasteiger partial charge in [-0.3, -0.25) is 9.48 Å². The number of halogens is 3. The number of aromatic nitrogens is 5. The maximum atomic E-state index is 12.9. The van der Waals surface area contributed by atoms with Crippen molar-refractivity contribution in [2.45, 2.75) is 31.9 Å². The highest BCUT2D eigenvalue weighted by Gasteiger charge is 2.34. The number of amides is 1. The van der Waals surface area contributed by atoms with Gasteiger partial charge in [-0.15, -0.1) is 0 Å². The zero-order chi connectivity index (χ0) is 24.9. The van der Waals surface area contributed by atoms with Crippen molar-refractivity contribution in [2.75, 3.05) is 18.2 Å². The lowest BCUT2D eigenvalue weighted by Gasteiger charge is -2.15.